The summed E-state index contributed by atoms with van der Waals surface area (Å²) in [6, 6.07) is 0. The SMILES string of the molecule is C=CCOCC(CC)(CO)COCC=C.CCCCC(CC)COP(=O)(OCC(CC)CCCC)OP(=O)([O-])[O-].CCCCC(CC)COP(=O)(OCC(CC)CCCC)OP(=O)([O-])[O-].CCCCC(CC)COP(=O)(OCC(CC)CCCC)OP(=O)([O-])[O-].[H+].[H+].[H+].[Zr+3]. The van der Waals surface area contributed by atoms with Crippen molar-refractivity contribution in [2.45, 2.75) is 251 Å². The van der Waals surface area contributed by atoms with E-state index in [2.05, 4.69) is 67.6 Å². The third-order valence-corrected chi connectivity index (χ3v) is 22.6. The van der Waals surface area contributed by atoms with E-state index >= 15 is 0 Å². The fourth-order valence-corrected chi connectivity index (χ4v) is 15.0. The van der Waals surface area contributed by atoms with E-state index in [4.69, 9.17) is 36.6 Å². The summed E-state index contributed by atoms with van der Waals surface area (Å²) < 4.78 is 125. The van der Waals surface area contributed by atoms with Crippen LogP contribution in [0.3, 0.4) is 0 Å². The van der Waals surface area contributed by atoms with Crippen molar-refractivity contribution in [3.63, 3.8) is 0 Å². The van der Waals surface area contributed by atoms with Crippen LogP contribution in [0.15, 0.2) is 25.3 Å². The molecule has 0 bridgehead atoms. The molecule has 0 aromatic carbocycles. The maximum absolute atomic E-state index is 12.6. The topological polar surface area (TPSA) is 363 Å². The zero-order chi connectivity index (χ0) is 69.6. The maximum Gasteiger partial charge on any atom is 3.00 e. The van der Waals surface area contributed by atoms with Crippen LogP contribution in [0.4, 0.5) is 0 Å². The molecule has 6 atom stereocenters. The van der Waals surface area contributed by atoms with Gasteiger partial charge in [-0.3, -0.25) is 40.1 Å². The monoisotopic (exact) mass is 1510 g/mol. The Hall–Kier alpha value is 1.02. The molecule has 0 saturated carbocycles. The average molecular weight is 1510 g/mol. The van der Waals surface area contributed by atoms with Crippen LogP contribution < -0.4 is 29.4 Å². The van der Waals surface area contributed by atoms with Gasteiger partial charge in [0, 0.05) is 5.41 Å². The smallest absolute Gasteiger partial charge is 0.789 e. The first kappa shape index (κ1) is 101. The van der Waals surface area contributed by atoms with E-state index in [0.29, 0.717) is 26.4 Å². The van der Waals surface area contributed by atoms with Crippen molar-refractivity contribution in [1.29, 1.82) is 0 Å². The minimum absolute atomic E-state index is 0. The molecule has 545 valence electrons. The number of phosphoric ester groups is 3. The molecule has 0 aromatic heterocycles. The summed E-state index contributed by atoms with van der Waals surface area (Å²) in [5.41, 5.74) is -0.300. The number of aliphatic hydroxyl groups is 1. The Morgan fingerprint density at radius 2 is 0.571 bits per heavy atom. The molecule has 0 aliphatic heterocycles. The summed E-state index contributed by atoms with van der Waals surface area (Å²) in [5.74, 6) is 0.668. The molecule has 0 rings (SSSR count). The Balaban J connectivity index is -0.000000175. The molecule has 0 aliphatic carbocycles. The molecule has 31 heteroatoms. The van der Waals surface area contributed by atoms with E-state index in [1.807, 2.05) is 48.5 Å². The zero-order valence-corrected chi connectivity index (χ0v) is 65.8. The third-order valence-electron chi connectivity index (χ3n) is 15.0. The normalized spacial score (nSPS) is 16.0. The summed E-state index contributed by atoms with van der Waals surface area (Å²) in [6.45, 7) is 35.7. The van der Waals surface area contributed by atoms with E-state index in [1.165, 1.54) is 0 Å². The fraction of sp³-hybridized carbons (Fsp3) is 0.933. The van der Waals surface area contributed by atoms with E-state index in [0.717, 1.165) is 161 Å². The molecule has 0 amide bonds. The van der Waals surface area contributed by atoms with Gasteiger partial charge >= 0.3 is 54.0 Å². The number of ether oxygens (including phenoxy) is 2. The summed E-state index contributed by atoms with van der Waals surface area (Å²) in [7, 11) is -29.7. The Labute approximate surface area is 575 Å². The molecule has 1 N–H and O–H groups in total. The summed E-state index contributed by atoms with van der Waals surface area (Å²) in [6.07, 6.45) is 26.2. The molecule has 24 nitrogen and oxygen atoms in total. The van der Waals surface area contributed by atoms with Gasteiger partial charge in [0.1, 0.15) is 0 Å². The maximum atomic E-state index is 12.6. The first-order chi connectivity index (χ1) is 42.3. The van der Waals surface area contributed by atoms with Crippen LogP contribution in [-0.2, 0) is 103 Å². The van der Waals surface area contributed by atoms with Crippen molar-refractivity contribution in [2.75, 3.05) is 72.7 Å². The molecular weight excluding hydrogens is 1380 g/mol. The van der Waals surface area contributed by atoms with Gasteiger partial charge in [0.2, 0.25) is 0 Å². The Morgan fingerprint density at radius 3 is 0.692 bits per heavy atom. The number of aliphatic hydroxyl groups excluding tert-OH is 1. The molecule has 0 aliphatic rings. The van der Waals surface area contributed by atoms with Crippen LogP contribution in [-0.4, -0.2) is 77.8 Å². The van der Waals surface area contributed by atoms with Gasteiger partial charge in [0.15, 0.2) is 0 Å². The second-order valence-corrected chi connectivity index (χ2v) is 31.7. The van der Waals surface area contributed by atoms with Gasteiger partial charge in [-0.2, -0.15) is 0 Å². The van der Waals surface area contributed by atoms with Gasteiger partial charge in [0.25, 0.3) is 0 Å². The minimum atomic E-state index is -5.48. The van der Waals surface area contributed by atoms with Gasteiger partial charge in [-0.25, -0.2) is 13.7 Å². The number of hydrogen-bond acceptors (Lipinski definition) is 24. The van der Waals surface area contributed by atoms with Crippen molar-refractivity contribution in [1.82, 2.24) is 0 Å². The Kier molecular flexibility index (Phi) is 67.4. The minimum Gasteiger partial charge on any atom is -0.789 e. The number of phosphoric acid groups is 6. The zero-order valence-electron chi connectivity index (χ0n) is 61.0. The molecule has 0 fully saturated rings. The molecule has 0 spiro atoms. The van der Waals surface area contributed by atoms with Gasteiger partial charge in [-0.05, 0) is 80.5 Å². The molecule has 6 unspecified atom stereocenters. The third kappa shape index (κ3) is 60.7. The largest absolute Gasteiger partial charge is 3.00 e. The quantitative estimate of drug-likeness (QED) is 0.0336. The van der Waals surface area contributed by atoms with E-state index in [1.54, 1.807) is 12.2 Å². The van der Waals surface area contributed by atoms with Crippen molar-refractivity contribution in [3.05, 3.63) is 25.3 Å². The van der Waals surface area contributed by atoms with Crippen LogP contribution >= 0.6 is 46.9 Å². The molecular formula is C60H127O24P6Zr. The number of rotatable bonds is 58. The number of unbranched alkanes of at least 4 members (excludes halogenated alkanes) is 6. The molecule has 1 radical (unpaired) electrons. The summed E-state index contributed by atoms with van der Waals surface area (Å²) >= 11 is 0. The predicted octanol–water partition coefficient (Wildman–Crippen LogP) is 15.3. The van der Waals surface area contributed by atoms with Crippen LogP contribution in [0, 0.1) is 40.9 Å². The summed E-state index contributed by atoms with van der Waals surface area (Å²) in [5, 5.41) is 9.36. The van der Waals surface area contributed by atoms with Crippen LogP contribution in [0.2, 0.25) is 0 Å². The van der Waals surface area contributed by atoms with Gasteiger partial charge in [-0.1, -0.05) is 218 Å². The standard InChI is InChI=1S/3C16H36O7P2.C12H22O3.Zr/c3*1-5-9-11-15(7-3)13-21-25(20,23-24(17,18)19)22-14-16(8-4)12-10-6-2;1-4-7-14-10-12(6-3,9-13)11-15-8-5-2;/h3*15-16H,5-14H2,1-4H3,(H2,17,18,19);4-5,13H,1-2,6-11H2,3H3;/q;;;;+3/p-3. The Morgan fingerprint density at radius 1 is 0.385 bits per heavy atom. The van der Waals surface area contributed by atoms with E-state index < -0.39 is 46.9 Å². The van der Waals surface area contributed by atoms with Crippen molar-refractivity contribution in [3.8, 4) is 0 Å². The van der Waals surface area contributed by atoms with Crippen LogP contribution in [0.25, 0.3) is 0 Å². The first-order valence-corrected chi connectivity index (χ1v) is 41.9. The summed E-state index contributed by atoms with van der Waals surface area (Å²) in [4.78, 5) is 65.6. The predicted molar refractivity (Wildman–Crippen MR) is 350 cm³/mol. The number of hydrogen-bond donors (Lipinski definition) is 1. The fourth-order valence-electron chi connectivity index (χ4n) is 8.36. The molecule has 0 saturated heterocycles. The van der Waals surface area contributed by atoms with Crippen molar-refractivity contribution in [2.24, 2.45) is 40.9 Å². The molecule has 91 heavy (non-hydrogen) atoms. The van der Waals surface area contributed by atoms with Crippen LogP contribution in [0.1, 0.15) is 255 Å². The van der Waals surface area contributed by atoms with Crippen LogP contribution in [0.5, 0.6) is 0 Å². The molecule has 0 heterocycles. The Bertz CT molecular complexity index is 1740. The second-order valence-electron chi connectivity index (χ2n) is 22.8. The first-order valence-electron chi connectivity index (χ1n) is 33.2. The van der Waals surface area contributed by atoms with Crippen molar-refractivity contribution < 1.29 is 142 Å². The van der Waals surface area contributed by atoms with Gasteiger partial charge in [0.05, 0.1) is 96.1 Å². The van der Waals surface area contributed by atoms with E-state index in [-0.39, 0.29) is 118 Å². The van der Waals surface area contributed by atoms with Gasteiger partial charge < -0.3 is 57.6 Å². The molecule has 0 aromatic rings. The average Bonchev–Trinajstić information content (AvgIpc) is 0.974. The van der Waals surface area contributed by atoms with E-state index in [9.17, 15) is 61.9 Å². The van der Waals surface area contributed by atoms with Crippen molar-refractivity contribution >= 4 is 46.9 Å². The second kappa shape index (κ2) is 60.9. The van der Waals surface area contributed by atoms with Gasteiger partial charge in [-0.15, -0.1) is 13.2 Å².